The maximum absolute atomic E-state index is 13.9. The van der Waals surface area contributed by atoms with Crippen molar-refractivity contribution in [3.05, 3.63) is 106 Å². The number of nitrogens with zero attached hydrogens (tertiary/aromatic N) is 3. The van der Waals surface area contributed by atoms with Crippen molar-refractivity contribution in [2.75, 3.05) is 6.54 Å². The number of halogens is 5. The van der Waals surface area contributed by atoms with Gasteiger partial charge in [-0.05, 0) is 30.9 Å². The third-order valence-electron chi connectivity index (χ3n) is 4.76. The van der Waals surface area contributed by atoms with E-state index in [0.29, 0.717) is 21.7 Å². The molecule has 0 aromatic carbocycles. The monoisotopic (exact) mass is 542 g/mol. The number of ketones is 1. The number of allylic oxidation sites excluding steroid dienone is 6. The topological polar surface area (TPSA) is 69.6 Å². The van der Waals surface area contributed by atoms with Crippen molar-refractivity contribution in [2.45, 2.75) is 20.0 Å². The second-order valence-corrected chi connectivity index (χ2v) is 7.78. The van der Waals surface area contributed by atoms with E-state index in [-0.39, 0.29) is 80.7 Å². The van der Waals surface area contributed by atoms with E-state index in [1.165, 1.54) is 24.3 Å². The van der Waals surface area contributed by atoms with Crippen LogP contribution in [0.5, 0.6) is 0 Å². The number of carbonyl (C=O) groups is 1. The number of furan rings is 1. The summed E-state index contributed by atoms with van der Waals surface area (Å²) in [7, 11) is 0. The fourth-order valence-electron chi connectivity index (χ4n) is 2.78. The summed E-state index contributed by atoms with van der Waals surface area (Å²) in [6.45, 7) is 7.18. The van der Waals surface area contributed by atoms with Gasteiger partial charge in [0.25, 0.3) is 0 Å². The largest absolute Gasteiger partial charge is 1.00 e. The maximum atomic E-state index is 13.9. The van der Waals surface area contributed by atoms with E-state index in [1.807, 2.05) is 0 Å². The predicted molar refractivity (Wildman–Crippen MR) is 126 cm³/mol. The van der Waals surface area contributed by atoms with Gasteiger partial charge < -0.3 is 19.5 Å². The number of Topliss-reactive ketones (excluding diaryl/α,β-unsaturated/α-hetero) is 1. The van der Waals surface area contributed by atoms with Gasteiger partial charge in [-0.25, -0.2) is 0 Å². The van der Waals surface area contributed by atoms with Gasteiger partial charge in [-0.3, -0.25) is 4.98 Å². The molecule has 0 atom stereocenters. The summed E-state index contributed by atoms with van der Waals surface area (Å²) in [6.07, 6.45) is 3.43. The molecule has 0 amide bonds. The maximum Gasteiger partial charge on any atom is 1.00 e. The third-order valence-corrected chi connectivity index (χ3v) is 5.00. The summed E-state index contributed by atoms with van der Waals surface area (Å²) >= 11 is 5.81. The standard InChI is InChI=1S/C25H18ClF4N3O2.K/c1-14(8-9-31-21-7-5-18(26)4-6-20(21)27)15(2)33-16(3)22(34)11-19-10-17-13-32-24(25(28,29)30)12-23(17)35-19;/h4-5,7-8,10-13H,3,9H2,1-2H3;/q-2;+1/b14-8-,33-15?;. The first kappa shape index (κ1) is 30.1. The first-order chi connectivity index (χ1) is 16.4. The Morgan fingerprint density at radius 1 is 1.33 bits per heavy atom. The zero-order valence-corrected chi connectivity index (χ0v) is 23.5. The molecule has 0 saturated carbocycles. The Kier molecular flexibility index (Phi) is 10.7. The molecule has 0 saturated heterocycles. The molecule has 0 radical (unpaired) electrons. The molecule has 3 rings (SSSR count). The Morgan fingerprint density at radius 3 is 2.75 bits per heavy atom. The van der Waals surface area contributed by atoms with E-state index in [2.05, 4.69) is 27.6 Å². The minimum atomic E-state index is -4.61. The van der Waals surface area contributed by atoms with Crippen molar-refractivity contribution in [3.8, 4) is 0 Å². The van der Waals surface area contributed by atoms with Crippen molar-refractivity contribution in [1.29, 1.82) is 0 Å². The molecule has 0 spiro atoms. The van der Waals surface area contributed by atoms with E-state index in [4.69, 9.17) is 16.0 Å². The molecule has 0 N–H and O–H groups in total. The SMILES string of the molecule is C=C(N=C(C)/C(C)=C\C[N-]C1=CC=C(Cl)C=C=C1F)C(=O)[CH-]c1cc2cnc(C(F)(F)F)cc2o1.[K+]. The average Bonchev–Trinajstić information content (AvgIpc) is 3.12. The normalized spacial score (nSPS) is 14.4. The Hall–Kier alpha value is -2.17. The summed E-state index contributed by atoms with van der Waals surface area (Å²) in [6, 6.07) is 2.16. The van der Waals surface area contributed by atoms with Crippen LogP contribution in [0.2, 0.25) is 0 Å². The van der Waals surface area contributed by atoms with Gasteiger partial charge in [-0.1, -0.05) is 41.6 Å². The zero-order valence-electron chi connectivity index (χ0n) is 19.6. The van der Waals surface area contributed by atoms with Gasteiger partial charge in [0, 0.05) is 40.5 Å². The van der Waals surface area contributed by atoms with Gasteiger partial charge in [-0.15, -0.1) is 19.2 Å². The molecule has 2 aromatic heterocycles. The first-order valence-electron chi connectivity index (χ1n) is 10.1. The number of aromatic nitrogens is 1. The number of hydrogen-bond donors (Lipinski definition) is 0. The number of alkyl halides is 3. The number of pyridine rings is 1. The molecule has 0 fully saturated rings. The number of fused-ring (bicyclic) bond motifs is 1. The van der Waals surface area contributed by atoms with Gasteiger partial charge in [0.15, 0.2) is 5.83 Å². The number of carbonyl (C=O) groups excluding carboxylic acids is 1. The average molecular weight is 543 g/mol. The van der Waals surface area contributed by atoms with Crippen LogP contribution in [-0.2, 0) is 11.0 Å². The quantitative estimate of drug-likeness (QED) is 0.125. The Labute approximate surface area is 252 Å². The molecule has 1 aliphatic rings. The Morgan fingerprint density at radius 2 is 2.06 bits per heavy atom. The van der Waals surface area contributed by atoms with E-state index >= 15 is 0 Å². The zero-order chi connectivity index (χ0) is 25.8. The second kappa shape index (κ2) is 12.9. The molecule has 11 heteroatoms. The van der Waals surface area contributed by atoms with Crippen LogP contribution in [0.3, 0.4) is 0 Å². The van der Waals surface area contributed by atoms with Crippen LogP contribution in [0, 0.1) is 6.42 Å². The second-order valence-electron chi connectivity index (χ2n) is 7.34. The predicted octanol–water partition coefficient (Wildman–Crippen LogP) is 4.30. The van der Waals surface area contributed by atoms with Crippen LogP contribution < -0.4 is 51.4 Å². The van der Waals surface area contributed by atoms with Gasteiger partial charge >= 0.3 is 57.6 Å². The number of aliphatic imine (C=N–C) groups is 1. The molecule has 0 bridgehead atoms. The van der Waals surface area contributed by atoms with E-state index < -0.39 is 23.5 Å². The van der Waals surface area contributed by atoms with Crippen molar-refractivity contribution in [3.63, 3.8) is 0 Å². The molecule has 0 aliphatic heterocycles. The van der Waals surface area contributed by atoms with Crippen LogP contribution >= 0.6 is 11.6 Å². The van der Waals surface area contributed by atoms with Crippen LogP contribution in [-0.4, -0.2) is 23.0 Å². The van der Waals surface area contributed by atoms with Crippen molar-refractivity contribution in [2.24, 2.45) is 4.99 Å². The van der Waals surface area contributed by atoms with Crippen LogP contribution in [0.15, 0.2) is 92.2 Å². The van der Waals surface area contributed by atoms with E-state index in [9.17, 15) is 22.4 Å². The van der Waals surface area contributed by atoms with Gasteiger partial charge in [0.1, 0.15) is 17.1 Å². The van der Waals surface area contributed by atoms with Crippen molar-refractivity contribution < 1.29 is 78.2 Å². The summed E-state index contributed by atoms with van der Waals surface area (Å²) < 4.78 is 57.7. The third kappa shape index (κ3) is 8.17. The summed E-state index contributed by atoms with van der Waals surface area (Å²) in [5.74, 6) is -1.18. The van der Waals surface area contributed by atoms with Crippen molar-refractivity contribution in [1.82, 2.24) is 4.98 Å². The first-order valence-corrected chi connectivity index (χ1v) is 10.5. The molecular weight excluding hydrogens is 525 g/mol. The molecule has 2 aromatic rings. The molecule has 2 heterocycles. The summed E-state index contributed by atoms with van der Waals surface area (Å²) in [4.78, 5) is 20.0. The molecular formula is C25H18ClF4KN3O2-. The minimum absolute atomic E-state index is 0. The fraction of sp³-hybridized carbons (Fsp3) is 0.160. The molecule has 36 heavy (non-hydrogen) atoms. The van der Waals surface area contributed by atoms with Crippen LogP contribution in [0.1, 0.15) is 25.3 Å². The summed E-state index contributed by atoms with van der Waals surface area (Å²) in [5.41, 5.74) is 2.38. The van der Waals surface area contributed by atoms with E-state index in [0.717, 1.165) is 18.7 Å². The number of hydrogen-bond acceptors (Lipinski definition) is 4. The molecule has 0 unspecified atom stereocenters. The molecule has 5 nitrogen and oxygen atoms in total. The molecule has 182 valence electrons. The summed E-state index contributed by atoms with van der Waals surface area (Å²) in [5, 5.41) is 4.78. The number of rotatable bonds is 8. The smallest absolute Gasteiger partial charge is 0.678 e. The van der Waals surface area contributed by atoms with Gasteiger partial charge in [0.2, 0.25) is 0 Å². The fourth-order valence-corrected chi connectivity index (χ4v) is 2.89. The Balaban J connectivity index is 0.00000456. The van der Waals surface area contributed by atoms with Crippen LogP contribution in [0.4, 0.5) is 17.6 Å². The van der Waals surface area contributed by atoms with Crippen LogP contribution in [0.25, 0.3) is 16.3 Å². The molecule has 1 aliphatic carbocycles. The van der Waals surface area contributed by atoms with E-state index in [1.54, 1.807) is 19.9 Å². The minimum Gasteiger partial charge on any atom is -0.678 e. The Bertz CT molecular complexity index is 1380. The van der Waals surface area contributed by atoms with Gasteiger partial charge in [0.05, 0.1) is 0 Å². The van der Waals surface area contributed by atoms with Crippen molar-refractivity contribution >= 4 is 34.1 Å². The van der Waals surface area contributed by atoms with Gasteiger partial charge in [-0.2, -0.15) is 17.6 Å².